The van der Waals surface area contributed by atoms with E-state index in [0.717, 1.165) is 7.11 Å². The molecule has 1 N–H and O–H groups in total. The van der Waals surface area contributed by atoms with Gasteiger partial charge in [0.2, 0.25) is 0 Å². The minimum atomic E-state index is -3.47. The standard InChI is InChI=1S/C4H11NO3S/c1-4(2)5-9(6,7)8-3/h4-5H,1-3H3. The van der Waals surface area contributed by atoms with Gasteiger partial charge in [-0.1, -0.05) is 0 Å². The molecule has 0 saturated carbocycles. The Morgan fingerprint density at radius 2 is 1.89 bits per heavy atom. The van der Waals surface area contributed by atoms with E-state index in [1.54, 1.807) is 13.8 Å². The molecule has 0 fully saturated rings. The zero-order valence-electron chi connectivity index (χ0n) is 5.71. The van der Waals surface area contributed by atoms with Crippen LogP contribution in [0.15, 0.2) is 0 Å². The Balaban J connectivity index is 3.90. The van der Waals surface area contributed by atoms with Gasteiger partial charge in [-0.25, -0.2) is 0 Å². The molecule has 5 heteroatoms. The first kappa shape index (κ1) is 8.87. The summed E-state index contributed by atoms with van der Waals surface area (Å²) < 4.78 is 27.3. The quantitative estimate of drug-likeness (QED) is 0.614. The lowest BCUT2D eigenvalue weighted by Gasteiger charge is -2.05. The molecule has 0 unspecified atom stereocenters. The molecule has 0 spiro atoms. The Morgan fingerprint density at radius 1 is 1.44 bits per heavy atom. The van der Waals surface area contributed by atoms with Gasteiger partial charge in [-0.2, -0.15) is 13.1 Å². The van der Waals surface area contributed by atoms with Gasteiger partial charge in [0, 0.05) is 6.04 Å². The molecule has 0 aromatic carbocycles. The molecule has 0 bridgehead atoms. The van der Waals surface area contributed by atoms with E-state index in [0.29, 0.717) is 0 Å². The average Bonchev–Trinajstić information content (AvgIpc) is 1.63. The fourth-order valence-corrected chi connectivity index (χ4v) is 1.01. The van der Waals surface area contributed by atoms with Crippen LogP contribution >= 0.6 is 0 Å². The summed E-state index contributed by atoms with van der Waals surface area (Å²) in [5.74, 6) is 0. The molecule has 0 atom stereocenters. The minimum absolute atomic E-state index is 0.116. The summed E-state index contributed by atoms with van der Waals surface area (Å²) >= 11 is 0. The van der Waals surface area contributed by atoms with Gasteiger partial charge in [-0.15, -0.1) is 0 Å². The SMILES string of the molecule is COS(=O)(=O)NC(C)C. The molecule has 4 nitrogen and oxygen atoms in total. The van der Waals surface area contributed by atoms with Gasteiger partial charge in [-0.05, 0) is 13.8 Å². The van der Waals surface area contributed by atoms with Crippen molar-refractivity contribution in [1.29, 1.82) is 0 Å². The summed E-state index contributed by atoms with van der Waals surface area (Å²) in [6.07, 6.45) is 0. The van der Waals surface area contributed by atoms with E-state index < -0.39 is 10.3 Å². The topological polar surface area (TPSA) is 55.4 Å². The summed E-state index contributed by atoms with van der Waals surface area (Å²) in [6, 6.07) is -0.116. The van der Waals surface area contributed by atoms with E-state index in [9.17, 15) is 8.42 Å². The van der Waals surface area contributed by atoms with Gasteiger partial charge in [-0.3, -0.25) is 4.18 Å². The molecule has 0 aromatic rings. The van der Waals surface area contributed by atoms with Crippen LogP contribution in [0.1, 0.15) is 13.8 Å². The van der Waals surface area contributed by atoms with Crippen LogP contribution in [0.25, 0.3) is 0 Å². The van der Waals surface area contributed by atoms with Crippen molar-refractivity contribution in [3.05, 3.63) is 0 Å². The van der Waals surface area contributed by atoms with Crippen molar-refractivity contribution in [3.63, 3.8) is 0 Å². The van der Waals surface area contributed by atoms with Crippen LogP contribution in [0.3, 0.4) is 0 Å². The Bertz CT molecular complexity index is 161. The summed E-state index contributed by atoms with van der Waals surface area (Å²) in [7, 11) is -2.35. The number of hydrogen-bond acceptors (Lipinski definition) is 3. The highest BCUT2D eigenvalue weighted by atomic mass is 32.2. The van der Waals surface area contributed by atoms with Crippen molar-refractivity contribution in [2.45, 2.75) is 19.9 Å². The first-order valence-corrected chi connectivity index (χ1v) is 3.96. The van der Waals surface area contributed by atoms with Gasteiger partial charge < -0.3 is 0 Å². The van der Waals surface area contributed by atoms with E-state index in [2.05, 4.69) is 8.91 Å². The number of rotatable bonds is 3. The van der Waals surface area contributed by atoms with Gasteiger partial charge in [0.1, 0.15) is 0 Å². The average molecular weight is 153 g/mol. The summed E-state index contributed by atoms with van der Waals surface area (Å²) in [5.41, 5.74) is 0. The fraction of sp³-hybridized carbons (Fsp3) is 1.00. The lowest BCUT2D eigenvalue weighted by molar-refractivity contribution is 0.382. The van der Waals surface area contributed by atoms with Crippen molar-refractivity contribution in [2.24, 2.45) is 0 Å². The lowest BCUT2D eigenvalue weighted by atomic mass is 10.4. The van der Waals surface area contributed by atoms with E-state index in [4.69, 9.17) is 0 Å². The zero-order chi connectivity index (χ0) is 7.49. The molecule has 0 saturated heterocycles. The summed E-state index contributed by atoms with van der Waals surface area (Å²) in [5, 5.41) is 0. The van der Waals surface area contributed by atoms with Crippen LogP contribution in [0.2, 0.25) is 0 Å². The van der Waals surface area contributed by atoms with Crippen molar-refractivity contribution >= 4 is 10.3 Å². The highest BCUT2D eigenvalue weighted by Crippen LogP contribution is 1.86. The first-order chi connectivity index (χ1) is 3.98. The van der Waals surface area contributed by atoms with Crippen LogP contribution in [-0.4, -0.2) is 21.6 Å². The predicted molar refractivity (Wildman–Crippen MR) is 34.2 cm³/mol. The van der Waals surface area contributed by atoms with Gasteiger partial charge in [0.15, 0.2) is 0 Å². The smallest absolute Gasteiger partial charge is 0.261 e. The van der Waals surface area contributed by atoms with E-state index in [-0.39, 0.29) is 6.04 Å². The molecule has 0 aliphatic carbocycles. The van der Waals surface area contributed by atoms with Crippen LogP contribution < -0.4 is 4.72 Å². The van der Waals surface area contributed by atoms with Crippen molar-refractivity contribution in [3.8, 4) is 0 Å². The molecule has 56 valence electrons. The van der Waals surface area contributed by atoms with Gasteiger partial charge in [0.05, 0.1) is 7.11 Å². The summed E-state index contributed by atoms with van der Waals surface area (Å²) in [6.45, 7) is 3.44. The zero-order valence-corrected chi connectivity index (χ0v) is 6.53. The number of hydrogen-bond donors (Lipinski definition) is 1. The molecule has 0 amide bonds. The molecule has 0 aliphatic rings. The highest BCUT2D eigenvalue weighted by molar-refractivity contribution is 7.84. The normalized spacial score (nSPS) is 12.4. The van der Waals surface area contributed by atoms with Gasteiger partial charge >= 0.3 is 10.3 Å². The summed E-state index contributed by atoms with van der Waals surface area (Å²) in [4.78, 5) is 0. The molecule has 0 heterocycles. The molecule has 0 radical (unpaired) electrons. The molecular formula is C4H11NO3S. The van der Waals surface area contributed by atoms with Crippen molar-refractivity contribution in [2.75, 3.05) is 7.11 Å². The Labute approximate surface area is 55.5 Å². The second-order valence-electron chi connectivity index (χ2n) is 1.89. The lowest BCUT2D eigenvalue weighted by Crippen LogP contribution is -2.30. The molecule has 0 aromatic heterocycles. The Morgan fingerprint density at radius 3 is 2.00 bits per heavy atom. The third-order valence-electron chi connectivity index (χ3n) is 0.599. The Hall–Kier alpha value is -0.130. The van der Waals surface area contributed by atoms with E-state index in [1.165, 1.54) is 0 Å². The van der Waals surface area contributed by atoms with E-state index in [1.807, 2.05) is 0 Å². The third kappa shape index (κ3) is 4.38. The first-order valence-electron chi connectivity index (χ1n) is 2.56. The molecular weight excluding hydrogens is 142 g/mol. The van der Waals surface area contributed by atoms with Crippen LogP contribution in [0.5, 0.6) is 0 Å². The monoisotopic (exact) mass is 153 g/mol. The van der Waals surface area contributed by atoms with Crippen LogP contribution in [-0.2, 0) is 14.5 Å². The van der Waals surface area contributed by atoms with E-state index >= 15 is 0 Å². The second kappa shape index (κ2) is 3.14. The maximum absolute atomic E-state index is 10.5. The highest BCUT2D eigenvalue weighted by Gasteiger charge is 2.07. The third-order valence-corrected chi connectivity index (χ3v) is 1.80. The minimum Gasteiger partial charge on any atom is -0.261 e. The molecule has 0 aliphatic heterocycles. The Kier molecular flexibility index (Phi) is 3.10. The van der Waals surface area contributed by atoms with Crippen LogP contribution in [0, 0.1) is 0 Å². The largest absolute Gasteiger partial charge is 0.335 e. The van der Waals surface area contributed by atoms with Crippen molar-refractivity contribution in [1.82, 2.24) is 4.72 Å². The van der Waals surface area contributed by atoms with Crippen LogP contribution in [0.4, 0.5) is 0 Å². The van der Waals surface area contributed by atoms with Gasteiger partial charge in [0.25, 0.3) is 0 Å². The maximum Gasteiger partial charge on any atom is 0.335 e. The maximum atomic E-state index is 10.5. The molecule has 9 heavy (non-hydrogen) atoms. The second-order valence-corrected chi connectivity index (χ2v) is 3.37. The predicted octanol–water partition coefficient (Wildman–Crippen LogP) is -0.124. The number of nitrogens with one attached hydrogen (secondary N) is 1. The fourth-order valence-electron chi connectivity index (χ4n) is 0.337. The molecule has 0 rings (SSSR count). The van der Waals surface area contributed by atoms with Crippen molar-refractivity contribution < 1.29 is 12.6 Å².